The first-order valence-corrected chi connectivity index (χ1v) is 6.83. The molecule has 2 atom stereocenters. The molecule has 2 rings (SSSR count). The molecule has 0 aromatic heterocycles. The standard InChI is InChI=1S/C15H22N2O3/c1-10-9-17(11(2)8-16-10)15(18)12-6-5-7-13(19-3)14(12)20-4/h5-7,10-11,16H,8-9H2,1-4H3. The summed E-state index contributed by atoms with van der Waals surface area (Å²) >= 11 is 0. The van der Waals surface area contributed by atoms with Gasteiger partial charge in [-0.2, -0.15) is 0 Å². The predicted molar refractivity (Wildman–Crippen MR) is 77.5 cm³/mol. The molecule has 1 amide bonds. The first kappa shape index (κ1) is 14.7. The molecule has 1 fully saturated rings. The first-order valence-electron chi connectivity index (χ1n) is 6.83. The molecule has 0 radical (unpaired) electrons. The van der Waals surface area contributed by atoms with Gasteiger partial charge >= 0.3 is 0 Å². The van der Waals surface area contributed by atoms with Crippen LogP contribution in [-0.2, 0) is 0 Å². The second-order valence-corrected chi connectivity index (χ2v) is 5.16. The highest BCUT2D eigenvalue weighted by molar-refractivity contribution is 5.98. The highest BCUT2D eigenvalue weighted by atomic mass is 16.5. The number of rotatable bonds is 3. The van der Waals surface area contributed by atoms with Crippen molar-refractivity contribution < 1.29 is 14.3 Å². The lowest BCUT2D eigenvalue weighted by atomic mass is 10.1. The predicted octanol–water partition coefficient (Wildman–Crippen LogP) is 1.53. The molecule has 1 aliphatic rings. The fourth-order valence-corrected chi connectivity index (χ4v) is 2.51. The molecule has 1 heterocycles. The Bertz CT molecular complexity index is 490. The molecule has 5 heteroatoms. The first-order chi connectivity index (χ1) is 9.58. The Labute approximate surface area is 119 Å². The van der Waals surface area contributed by atoms with Crippen molar-refractivity contribution in [3.8, 4) is 11.5 Å². The summed E-state index contributed by atoms with van der Waals surface area (Å²) in [6, 6.07) is 5.84. The normalized spacial score (nSPS) is 22.5. The summed E-state index contributed by atoms with van der Waals surface area (Å²) in [5, 5.41) is 3.37. The molecule has 1 saturated heterocycles. The lowest BCUT2D eigenvalue weighted by Gasteiger charge is -2.37. The summed E-state index contributed by atoms with van der Waals surface area (Å²) < 4.78 is 10.6. The van der Waals surface area contributed by atoms with Crippen molar-refractivity contribution in [3.05, 3.63) is 23.8 Å². The maximum atomic E-state index is 12.8. The van der Waals surface area contributed by atoms with E-state index in [9.17, 15) is 4.79 Å². The molecular weight excluding hydrogens is 256 g/mol. The molecule has 1 aliphatic heterocycles. The molecule has 0 spiro atoms. The minimum absolute atomic E-state index is 0.0124. The third-order valence-corrected chi connectivity index (χ3v) is 3.66. The number of amides is 1. The lowest BCUT2D eigenvalue weighted by molar-refractivity contribution is 0.0612. The van der Waals surface area contributed by atoms with Gasteiger partial charge in [0, 0.05) is 25.2 Å². The van der Waals surface area contributed by atoms with Crippen LogP contribution in [0.4, 0.5) is 0 Å². The molecule has 1 N–H and O–H groups in total. The van der Waals surface area contributed by atoms with Crippen LogP contribution in [0.25, 0.3) is 0 Å². The molecule has 20 heavy (non-hydrogen) atoms. The summed E-state index contributed by atoms with van der Waals surface area (Å²) in [7, 11) is 3.13. The van der Waals surface area contributed by atoms with Gasteiger partial charge in [0.2, 0.25) is 0 Å². The average molecular weight is 278 g/mol. The number of benzene rings is 1. The van der Waals surface area contributed by atoms with Gasteiger partial charge in [0.1, 0.15) is 0 Å². The van der Waals surface area contributed by atoms with Crippen molar-refractivity contribution in [2.75, 3.05) is 27.3 Å². The Morgan fingerprint density at radius 3 is 2.70 bits per heavy atom. The number of nitrogens with one attached hydrogen (secondary N) is 1. The van der Waals surface area contributed by atoms with Crippen molar-refractivity contribution in [3.63, 3.8) is 0 Å². The van der Waals surface area contributed by atoms with Gasteiger partial charge in [0.05, 0.1) is 19.8 Å². The molecular formula is C15H22N2O3. The Morgan fingerprint density at radius 2 is 2.05 bits per heavy atom. The fraction of sp³-hybridized carbons (Fsp3) is 0.533. The van der Waals surface area contributed by atoms with Crippen LogP contribution < -0.4 is 14.8 Å². The van der Waals surface area contributed by atoms with Crippen molar-refractivity contribution in [2.24, 2.45) is 0 Å². The Morgan fingerprint density at radius 1 is 1.30 bits per heavy atom. The van der Waals surface area contributed by atoms with Crippen LogP contribution >= 0.6 is 0 Å². The van der Waals surface area contributed by atoms with Gasteiger partial charge in [-0.1, -0.05) is 6.07 Å². The second kappa shape index (κ2) is 6.13. The van der Waals surface area contributed by atoms with Crippen molar-refractivity contribution in [1.82, 2.24) is 10.2 Å². The number of carbonyl (C=O) groups is 1. The van der Waals surface area contributed by atoms with E-state index in [0.717, 1.165) is 6.54 Å². The minimum atomic E-state index is -0.0124. The molecule has 5 nitrogen and oxygen atoms in total. The van der Waals surface area contributed by atoms with E-state index in [4.69, 9.17) is 9.47 Å². The zero-order chi connectivity index (χ0) is 14.7. The van der Waals surface area contributed by atoms with Crippen molar-refractivity contribution in [2.45, 2.75) is 25.9 Å². The number of ether oxygens (including phenoxy) is 2. The fourth-order valence-electron chi connectivity index (χ4n) is 2.51. The monoisotopic (exact) mass is 278 g/mol. The van der Waals surface area contributed by atoms with Gasteiger partial charge in [0.15, 0.2) is 11.5 Å². The number of hydrogen-bond donors (Lipinski definition) is 1. The van der Waals surface area contributed by atoms with Gasteiger partial charge in [-0.25, -0.2) is 0 Å². The Hall–Kier alpha value is -1.75. The molecule has 1 aromatic rings. The van der Waals surface area contributed by atoms with Gasteiger partial charge in [-0.3, -0.25) is 4.79 Å². The summed E-state index contributed by atoms with van der Waals surface area (Å²) in [5.74, 6) is 1.06. The van der Waals surface area contributed by atoms with Crippen molar-refractivity contribution >= 4 is 5.91 Å². The maximum absolute atomic E-state index is 12.8. The van der Waals surface area contributed by atoms with E-state index in [1.807, 2.05) is 17.9 Å². The number of methoxy groups -OCH3 is 2. The number of para-hydroxylation sites is 1. The molecule has 0 saturated carbocycles. The van der Waals surface area contributed by atoms with E-state index in [0.29, 0.717) is 29.6 Å². The van der Waals surface area contributed by atoms with Crippen molar-refractivity contribution in [1.29, 1.82) is 0 Å². The SMILES string of the molecule is COc1cccc(C(=O)N2CC(C)NCC2C)c1OC. The van der Waals surface area contributed by atoms with Gasteiger partial charge in [-0.15, -0.1) is 0 Å². The average Bonchev–Trinajstić information content (AvgIpc) is 2.48. The van der Waals surface area contributed by atoms with Crippen LogP contribution in [0.5, 0.6) is 11.5 Å². The number of hydrogen-bond acceptors (Lipinski definition) is 4. The van der Waals surface area contributed by atoms with E-state index in [-0.39, 0.29) is 11.9 Å². The van der Waals surface area contributed by atoms with E-state index in [1.54, 1.807) is 26.4 Å². The van der Waals surface area contributed by atoms with E-state index < -0.39 is 0 Å². The van der Waals surface area contributed by atoms with Gasteiger partial charge in [0.25, 0.3) is 5.91 Å². The third-order valence-electron chi connectivity index (χ3n) is 3.66. The number of piperazine rings is 1. The smallest absolute Gasteiger partial charge is 0.258 e. The highest BCUT2D eigenvalue weighted by Gasteiger charge is 2.29. The highest BCUT2D eigenvalue weighted by Crippen LogP contribution is 2.32. The van der Waals surface area contributed by atoms with Crippen LogP contribution in [-0.4, -0.2) is 50.2 Å². The summed E-state index contributed by atoms with van der Waals surface area (Å²) in [5.41, 5.74) is 0.549. The molecule has 2 unspecified atom stereocenters. The zero-order valence-electron chi connectivity index (χ0n) is 12.5. The van der Waals surface area contributed by atoms with Crippen LogP contribution in [0.2, 0.25) is 0 Å². The van der Waals surface area contributed by atoms with Crippen LogP contribution in [0, 0.1) is 0 Å². The summed E-state index contributed by atoms with van der Waals surface area (Å²) in [4.78, 5) is 14.7. The molecule has 0 aliphatic carbocycles. The van der Waals surface area contributed by atoms with Crippen LogP contribution in [0.15, 0.2) is 18.2 Å². The molecule has 0 bridgehead atoms. The van der Waals surface area contributed by atoms with E-state index in [1.165, 1.54) is 0 Å². The van der Waals surface area contributed by atoms with Gasteiger partial charge < -0.3 is 19.7 Å². The Balaban J connectivity index is 2.33. The summed E-state index contributed by atoms with van der Waals surface area (Å²) in [6.07, 6.45) is 0. The van der Waals surface area contributed by atoms with Crippen LogP contribution in [0.3, 0.4) is 0 Å². The zero-order valence-corrected chi connectivity index (χ0v) is 12.5. The van der Waals surface area contributed by atoms with Crippen LogP contribution in [0.1, 0.15) is 24.2 Å². The largest absolute Gasteiger partial charge is 0.493 e. The van der Waals surface area contributed by atoms with Gasteiger partial charge in [-0.05, 0) is 26.0 Å². The van der Waals surface area contributed by atoms with E-state index >= 15 is 0 Å². The minimum Gasteiger partial charge on any atom is -0.493 e. The molecule has 1 aromatic carbocycles. The third kappa shape index (κ3) is 2.72. The number of carbonyl (C=O) groups excluding carboxylic acids is 1. The quantitative estimate of drug-likeness (QED) is 0.911. The maximum Gasteiger partial charge on any atom is 0.258 e. The summed E-state index contributed by atoms with van der Waals surface area (Å²) in [6.45, 7) is 5.62. The molecule has 110 valence electrons. The number of nitrogens with zero attached hydrogens (tertiary/aromatic N) is 1. The van der Waals surface area contributed by atoms with E-state index in [2.05, 4.69) is 12.2 Å². The topological polar surface area (TPSA) is 50.8 Å². The second-order valence-electron chi connectivity index (χ2n) is 5.16. The Kier molecular flexibility index (Phi) is 4.49. The lowest BCUT2D eigenvalue weighted by Crippen LogP contribution is -2.56.